The van der Waals surface area contributed by atoms with E-state index in [-0.39, 0.29) is 11.9 Å². The van der Waals surface area contributed by atoms with E-state index in [4.69, 9.17) is 4.74 Å². The van der Waals surface area contributed by atoms with Gasteiger partial charge in [-0.3, -0.25) is 9.78 Å². The van der Waals surface area contributed by atoms with E-state index in [0.717, 1.165) is 17.7 Å². The second-order valence-electron chi connectivity index (χ2n) is 7.77. The Morgan fingerprint density at radius 1 is 1.27 bits per heavy atom. The fraction of sp³-hybridized carbons (Fsp3) is 0.200. The number of ether oxygens (including phenoxy) is 1. The highest BCUT2D eigenvalue weighted by Gasteiger charge is 2.26. The van der Waals surface area contributed by atoms with E-state index in [1.807, 2.05) is 49.4 Å². The number of carbonyl (C=O) groups is 1. The predicted molar refractivity (Wildman–Crippen MR) is 129 cm³/mol. The minimum absolute atomic E-state index is 0.0481. The SMILES string of the molecule is C=CC(=O)N1CCC(Nc2ccncc2N(N=O)c2ccc(Oc3ccccc3)c(C)c2)C1. The average Bonchev–Trinajstić information content (AvgIpc) is 3.31. The minimum Gasteiger partial charge on any atom is -0.457 e. The Kier molecular flexibility index (Phi) is 6.64. The number of anilines is 3. The molecular formula is C25H25N5O3. The molecule has 4 rings (SSSR count). The van der Waals surface area contributed by atoms with Crippen molar-refractivity contribution in [1.29, 1.82) is 0 Å². The standard InChI is InChI=1S/C25H25N5O3/c1-3-25(31)29-14-12-19(17-29)27-22-11-13-26-16-23(22)30(28-32)20-9-10-24(18(2)15-20)33-21-7-5-4-6-8-21/h3-11,13,15-16,19H,1,12,14,17H2,2H3,(H,26,27). The van der Waals surface area contributed by atoms with E-state index in [2.05, 4.69) is 22.2 Å². The predicted octanol–water partition coefficient (Wildman–Crippen LogP) is 5.20. The summed E-state index contributed by atoms with van der Waals surface area (Å²) in [5.41, 5.74) is 2.69. The summed E-state index contributed by atoms with van der Waals surface area (Å²) in [5.74, 6) is 1.34. The van der Waals surface area contributed by atoms with Crippen molar-refractivity contribution in [3.63, 3.8) is 0 Å². The van der Waals surface area contributed by atoms with E-state index >= 15 is 0 Å². The third kappa shape index (κ3) is 5.01. The number of pyridine rings is 1. The van der Waals surface area contributed by atoms with Crippen molar-refractivity contribution in [3.8, 4) is 11.5 Å². The summed E-state index contributed by atoms with van der Waals surface area (Å²) < 4.78 is 5.94. The van der Waals surface area contributed by atoms with Gasteiger partial charge in [0.2, 0.25) is 5.91 Å². The zero-order valence-electron chi connectivity index (χ0n) is 18.3. The van der Waals surface area contributed by atoms with E-state index in [0.29, 0.717) is 35.9 Å². The van der Waals surface area contributed by atoms with Crippen molar-refractivity contribution in [2.24, 2.45) is 5.29 Å². The number of nitrogens with zero attached hydrogens (tertiary/aromatic N) is 4. The summed E-state index contributed by atoms with van der Waals surface area (Å²) in [6.07, 6.45) is 5.36. The highest BCUT2D eigenvalue weighted by Crippen LogP contribution is 2.35. The third-order valence-electron chi connectivity index (χ3n) is 5.52. The maximum absolute atomic E-state index is 11.9. The number of aryl methyl sites for hydroxylation is 1. The van der Waals surface area contributed by atoms with Gasteiger partial charge in [-0.05, 0) is 61.4 Å². The summed E-state index contributed by atoms with van der Waals surface area (Å²) in [4.78, 5) is 29.7. The Labute approximate surface area is 192 Å². The highest BCUT2D eigenvalue weighted by atomic mass is 16.5. The van der Waals surface area contributed by atoms with Crippen LogP contribution in [0.2, 0.25) is 0 Å². The quantitative estimate of drug-likeness (QED) is 0.292. The lowest BCUT2D eigenvalue weighted by atomic mass is 10.1. The molecule has 1 aliphatic rings. The van der Waals surface area contributed by atoms with Gasteiger partial charge in [0.05, 0.1) is 22.9 Å². The van der Waals surface area contributed by atoms with Gasteiger partial charge in [0, 0.05) is 25.3 Å². The number of likely N-dealkylation sites (tertiary alicyclic amines) is 1. The van der Waals surface area contributed by atoms with Crippen molar-refractivity contribution in [2.75, 3.05) is 23.4 Å². The number of benzene rings is 2. The fourth-order valence-corrected chi connectivity index (χ4v) is 3.83. The molecule has 1 aromatic heterocycles. The van der Waals surface area contributed by atoms with Crippen LogP contribution in [0.1, 0.15) is 12.0 Å². The molecule has 1 amide bonds. The molecule has 2 aromatic carbocycles. The number of nitrogens with one attached hydrogen (secondary N) is 1. The van der Waals surface area contributed by atoms with Gasteiger partial charge in [0.25, 0.3) is 0 Å². The molecule has 1 fully saturated rings. The number of nitroso groups, excluding NO2 is 1. The molecule has 1 aliphatic heterocycles. The van der Waals surface area contributed by atoms with Crippen LogP contribution >= 0.6 is 0 Å². The number of aromatic nitrogens is 1. The number of rotatable bonds is 8. The second kappa shape index (κ2) is 9.95. The van der Waals surface area contributed by atoms with Crippen molar-refractivity contribution in [1.82, 2.24) is 9.88 Å². The van der Waals surface area contributed by atoms with Gasteiger partial charge >= 0.3 is 0 Å². The van der Waals surface area contributed by atoms with Crippen LogP contribution < -0.4 is 15.1 Å². The van der Waals surface area contributed by atoms with Crippen LogP contribution in [0, 0.1) is 11.8 Å². The Morgan fingerprint density at radius 2 is 2.09 bits per heavy atom. The highest BCUT2D eigenvalue weighted by molar-refractivity contribution is 5.87. The first-order valence-corrected chi connectivity index (χ1v) is 10.7. The first-order valence-electron chi connectivity index (χ1n) is 10.7. The molecule has 1 saturated heterocycles. The molecule has 3 aromatic rings. The molecule has 2 heterocycles. The topological polar surface area (TPSA) is 87.1 Å². The van der Waals surface area contributed by atoms with Gasteiger partial charge in [-0.25, -0.2) is 0 Å². The largest absolute Gasteiger partial charge is 0.457 e. The van der Waals surface area contributed by atoms with E-state index in [9.17, 15) is 9.70 Å². The summed E-state index contributed by atoms with van der Waals surface area (Å²) in [6.45, 7) is 6.68. The molecule has 8 heteroatoms. The minimum atomic E-state index is -0.0845. The van der Waals surface area contributed by atoms with Crippen LogP contribution in [0.5, 0.6) is 11.5 Å². The van der Waals surface area contributed by atoms with Crippen LogP contribution in [0.3, 0.4) is 0 Å². The Morgan fingerprint density at radius 3 is 2.82 bits per heavy atom. The van der Waals surface area contributed by atoms with Crippen LogP contribution in [0.15, 0.2) is 84.9 Å². The van der Waals surface area contributed by atoms with E-state index in [1.54, 1.807) is 29.4 Å². The van der Waals surface area contributed by atoms with Gasteiger partial charge in [-0.1, -0.05) is 24.8 Å². The van der Waals surface area contributed by atoms with Crippen molar-refractivity contribution >= 4 is 23.0 Å². The van der Waals surface area contributed by atoms with Gasteiger partial charge in [0.1, 0.15) is 17.2 Å². The summed E-state index contributed by atoms with van der Waals surface area (Å²) >= 11 is 0. The zero-order chi connectivity index (χ0) is 23.2. The lowest BCUT2D eigenvalue weighted by Crippen LogP contribution is -2.30. The first kappa shape index (κ1) is 22.0. The average molecular weight is 444 g/mol. The molecule has 0 aliphatic carbocycles. The first-order chi connectivity index (χ1) is 16.1. The van der Waals surface area contributed by atoms with Crippen LogP contribution in [-0.4, -0.2) is 34.9 Å². The van der Waals surface area contributed by atoms with Gasteiger partial charge < -0.3 is 15.0 Å². The molecule has 8 nitrogen and oxygen atoms in total. The van der Waals surface area contributed by atoms with Gasteiger partial charge in [-0.2, -0.15) is 5.01 Å². The molecule has 1 N–H and O–H groups in total. The van der Waals surface area contributed by atoms with E-state index < -0.39 is 0 Å². The lowest BCUT2D eigenvalue weighted by molar-refractivity contribution is -0.125. The molecule has 168 valence electrons. The summed E-state index contributed by atoms with van der Waals surface area (Å²) in [5, 5.41) is 7.99. The number of para-hydroxylation sites is 1. The van der Waals surface area contributed by atoms with Crippen molar-refractivity contribution in [3.05, 3.63) is 90.1 Å². The third-order valence-corrected chi connectivity index (χ3v) is 5.52. The Bertz CT molecular complexity index is 1150. The molecule has 33 heavy (non-hydrogen) atoms. The van der Waals surface area contributed by atoms with Crippen molar-refractivity contribution in [2.45, 2.75) is 19.4 Å². The fourth-order valence-electron chi connectivity index (χ4n) is 3.83. The number of hydrogen-bond acceptors (Lipinski definition) is 6. The molecule has 0 saturated carbocycles. The molecule has 0 radical (unpaired) electrons. The molecule has 1 unspecified atom stereocenters. The van der Waals surface area contributed by atoms with Gasteiger partial charge in [-0.15, -0.1) is 4.91 Å². The maximum atomic E-state index is 11.9. The lowest BCUT2D eigenvalue weighted by Gasteiger charge is -2.22. The van der Waals surface area contributed by atoms with Crippen LogP contribution in [0.25, 0.3) is 0 Å². The number of amides is 1. The summed E-state index contributed by atoms with van der Waals surface area (Å²) in [7, 11) is 0. The molecule has 0 spiro atoms. The van der Waals surface area contributed by atoms with Gasteiger partial charge in [0.15, 0.2) is 0 Å². The monoisotopic (exact) mass is 443 g/mol. The Hall–Kier alpha value is -4.20. The smallest absolute Gasteiger partial charge is 0.246 e. The maximum Gasteiger partial charge on any atom is 0.246 e. The normalized spacial score (nSPS) is 15.1. The Balaban J connectivity index is 1.55. The number of carbonyl (C=O) groups excluding carboxylic acids is 1. The van der Waals surface area contributed by atoms with Crippen molar-refractivity contribution < 1.29 is 9.53 Å². The zero-order valence-corrected chi connectivity index (χ0v) is 18.3. The molecule has 0 bridgehead atoms. The number of hydrogen-bond donors (Lipinski definition) is 1. The summed E-state index contributed by atoms with van der Waals surface area (Å²) in [6, 6.07) is 16.8. The van der Waals surface area contributed by atoms with E-state index in [1.165, 1.54) is 11.1 Å². The van der Waals surface area contributed by atoms with Crippen LogP contribution in [0.4, 0.5) is 17.1 Å². The molecular weight excluding hydrogens is 418 g/mol. The molecule has 1 atom stereocenters. The van der Waals surface area contributed by atoms with Crippen LogP contribution in [-0.2, 0) is 4.79 Å². The second-order valence-corrected chi connectivity index (χ2v) is 7.77.